The first-order valence-electron chi connectivity index (χ1n) is 10.7. The smallest absolute Gasteiger partial charge is 0.339 e. The van der Waals surface area contributed by atoms with Gasteiger partial charge in [0, 0.05) is 23.1 Å². The average Bonchev–Trinajstić information content (AvgIpc) is 3.17. The van der Waals surface area contributed by atoms with Crippen molar-refractivity contribution >= 4 is 11.9 Å². The third kappa shape index (κ3) is 4.75. The standard InChI is InChI=1S/C23H30O10/c1-10(5-7-15(25)26)4-6-12-16(22-20(29)19(28)18(27)14(8-24)33-22)17-13(9-32-23(17)30)11(2)21(12)31-3/h4,14,18-20,22,24,27-29H,5-9H2,1-3H3,(H,25,26)/b10-4+/t14-,18-,19+,20-,22-/m1/s1. The summed E-state index contributed by atoms with van der Waals surface area (Å²) < 4.78 is 16.7. The number of cyclic esters (lactones) is 1. The van der Waals surface area contributed by atoms with E-state index in [1.165, 1.54) is 7.11 Å². The lowest BCUT2D eigenvalue weighted by Crippen LogP contribution is -2.55. The number of esters is 1. The number of aliphatic carboxylic acids is 1. The minimum Gasteiger partial charge on any atom is -0.496 e. The first-order valence-corrected chi connectivity index (χ1v) is 10.7. The zero-order valence-electron chi connectivity index (χ0n) is 18.8. The number of aliphatic hydroxyl groups excluding tert-OH is 4. The molecule has 2 heterocycles. The van der Waals surface area contributed by atoms with Crippen LogP contribution in [0.25, 0.3) is 0 Å². The molecular weight excluding hydrogens is 436 g/mol. The molecule has 5 N–H and O–H groups in total. The van der Waals surface area contributed by atoms with Crippen molar-refractivity contribution in [3.05, 3.63) is 39.5 Å². The highest BCUT2D eigenvalue weighted by molar-refractivity contribution is 5.97. The van der Waals surface area contributed by atoms with E-state index in [0.29, 0.717) is 28.9 Å². The zero-order valence-corrected chi connectivity index (χ0v) is 18.8. The quantitative estimate of drug-likeness (QED) is 0.270. The third-order valence-corrected chi connectivity index (χ3v) is 6.28. The Bertz CT molecular complexity index is 951. The molecule has 0 radical (unpaired) electrons. The van der Waals surface area contributed by atoms with Crippen LogP contribution in [-0.4, -0.2) is 75.6 Å². The van der Waals surface area contributed by atoms with E-state index in [1.54, 1.807) is 19.9 Å². The molecule has 10 nitrogen and oxygen atoms in total. The number of hydrogen-bond acceptors (Lipinski definition) is 9. The van der Waals surface area contributed by atoms with Crippen LogP contribution in [0.4, 0.5) is 0 Å². The van der Waals surface area contributed by atoms with Gasteiger partial charge >= 0.3 is 11.9 Å². The lowest BCUT2D eigenvalue weighted by Gasteiger charge is -2.41. The summed E-state index contributed by atoms with van der Waals surface area (Å²) in [4.78, 5) is 23.6. The second-order valence-corrected chi connectivity index (χ2v) is 8.38. The molecular formula is C23H30O10. The maximum atomic E-state index is 12.7. The van der Waals surface area contributed by atoms with Gasteiger partial charge < -0.3 is 39.7 Å². The molecule has 0 bridgehead atoms. The topological polar surface area (TPSA) is 163 Å². The van der Waals surface area contributed by atoms with E-state index in [1.807, 2.05) is 0 Å². The maximum Gasteiger partial charge on any atom is 0.339 e. The van der Waals surface area contributed by atoms with Gasteiger partial charge in [-0.15, -0.1) is 0 Å². The summed E-state index contributed by atoms with van der Waals surface area (Å²) in [5, 5.41) is 49.9. The highest BCUT2D eigenvalue weighted by atomic mass is 16.5. The van der Waals surface area contributed by atoms with Gasteiger partial charge in [0.05, 0.1) is 19.3 Å². The van der Waals surface area contributed by atoms with Crippen LogP contribution >= 0.6 is 0 Å². The summed E-state index contributed by atoms with van der Waals surface area (Å²) in [5.74, 6) is -1.09. The van der Waals surface area contributed by atoms with Gasteiger partial charge in [0.15, 0.2) is 0 Å². The summed E-state index contributed by atoms with van der Waals surface area (Å²) >= 11 is 0. The molecule has 5 atom stereocenters. The van der Waals surface area contributed by atoms with Crippen LogP contribution in [0.5, 0.6) is 5.75 Å². The van der Waals surface area contributed by atoms with Gasteiger partial charge in [0.25, 0.3) is 0 Å². The predicted molar refractivity (Wildman–Crippen MR) is 114 cm³/mol. The van der Waals surface area contributed by atoms with Crippen LogP contribution in [-0.2, 0) is 27.3 Å². The minimum absolute atomic E-state index is 0.00847. The number of ether oxygens (including phenoxy) is 3. The van der Waals surface area contributed by atoms with Crippen molar-refractivity contribution in [2.75, 3.05) is 13.7 Å². The number of methoxy groups -OCH3 is 1. The molecule has 10 heteroatoms. The van der Waals surface area contributed by atoms with E-state index in [2.05, 4.69) is 0 Å². The van der Waals surface area contributed by atoms with Gasteiger partial charge in [-0.1, -0.05) is 11.6 Å². The van der Waals surface area contributed by atoms with E-state index in [9.17, 15) is 30.0 Å². The van der Waals surface area contributed by atoms with Gasteiger partial charge in [-0.05, 0) is 32.3 Å². The Morgan fingerprint density at radius 2 is 1.88 bits per heavy atom. The molecule has 2 aliphatic heterocycles. The molecule has 0 amide bonds. The number of rotatable bonds is 8. The highest BCUT2D eigenvalue weighted by Gasteiger charge is 2.47. The molecule has 0 unspecified atom stereocenters. The Morgan fingerprint density at radius 3 is 2.48 bits per heavy atom. The fourth-order valence-corrected chi connectivity index (χ4v) is 4.43. The van der Waals surface area contributed by atoms with Gasteiger partial charge in [-0.3, -0.25) is 4.79 Å². The predicted octanol–water partition coefficient (Wildman–Crippen LogP) is 0.543. The first kappa shape index (κ1) is 25.1. The van der Waals surface area contributed by atoms with Gasteiger partial charge in [0.2, 0.25) is 0 Å². The van der Waals surface area contributed by atoms with E-state index in [4.69, 9.17) is 19.3 Å². The molecule has 2 aliphatic rings. The van der Waals surface area contributed by atoms with Crippen LogP contribution in [0, 0.1) is 6.92 Å². The average molecular weight is 466 g/mol. The van der Waals surface area contributed by atoms with Gasteiger partial charge in [0.1, 0.15) is 42.9 Å². The second-order valence-electron chi connectivity index (χ2n) is 8.38. The Balaban J connectivity index is 2.17. The summed E-state index contributed by atoms with van der Waals surface area (Å²) in [5.41, 5.74) is 3.02. The van der Waals surface area contributed by atoms with Crippen LogP contribution in [0.3, 0.4) is 0 Å². The summed E-state index contributed by atoms with van der Waals surface area (Å²) in [7, 11) is 1.47. The number of carbonyl (C=O) groups excluding carboxylic acids is 1. The Kier molecular flexibility index (Phi) is 7.76. The van der Waals surface area contributed by atoms with Crippen LogP contribution in [0.2, 0.25) is 0 Å². The van der Waals surface area contributed by atoms with E-state index in [0.717, 1.165) is 5.57 Å². The SMILES string of the molecule is COc1c(C)c2c(c([C@H]3O[C@H](CO)[C@@H](O)[C@H](O)[C@H]3O)c1C/C=C(\C)CCC(=O)O)C(=O)OC2. The number of benzene rings is 1. The van der Waals surface area contributed by atoms with E-state index < -0.39 is 49.1 Å². The van der Waals surface area contributed by atoms with Crippen molar-refractivity contribution in [2.45, 2.75) is 70.2 Å². The number of allylic oxidation sites excluding steroid dienone is 2. The fourth-order valence-electron chi connectivity index (χ4n) is 4.43. The molecule has 0 aromatic heterocycles. The number of carboxylic acid groups (broad SMARTS) is 1. The molecule has 33 heavy (non-hydrogen) atoms. The van der Waals surface area contributed by atoms with Crippen LogP contribution in [0.1, 0.15) is 58.5 Å². The molecule has 1 saturated heterocycles. The Hall–Kier alpha value is -2.50. The maximum absolute atomic E-state index is 12.7. The molecule has 0 spiro atoms. The number of hydrogen-bond donors (Lipinski definition) is 5. The number of fused-ring (bicyclic) bond motifs is 1. The van der Waals surface area contributed by atoms with Crippen molar-refractivity contribution < 1.29 is 49.3 Å². The first-order chi connectivity index (χ1) is 15.6. The van der Waals surface area contributed by atoms with Crippen molar-refractivity contribution in [2.24, 2.45) is 0 Å². The molecule has 1 aromatic carbocycles. The van der Waals surface area contributed by atoms with E-state index >= 15 is 0 Å². The lowest BCUT2D eigenvalue weighted by molar-refractivity contribution is -0.232. The van der Waals surface area contributed by atoms with Crippen molar-refractivity contribution in [3.8, 4) is 5.75 Å². The molecule has 3 rings (SSSR count). The number of carboxylic acids is 1. The molecule has 0 aliphatic carbocycles. The largest absolute Gasteiger partial charge is 0.496 e. The lowest BCUT2D eigenvalue weighted by atomic mass is 9.82. The summed E-state index contributed by atoms with van der Waals surface area (Å²) in [6, 6.07) is 0. The normalized spacial score (nSPS) is 27.3. The molecule has 1 aromatic rings. The third-order valence-electron chi connectivity index (χ3n) is 6.28. The monoisotopic (exact) mass is 466 g/mol. The Labute approximate surface area is 191 Å². The van der Waals surface area contributed by atoms with Gasteiger partial charge in [-0.25, -0.2) is 4.79 Å². The van der Waals surface area contributed by atoms with Gasteiger partial charge in [-0.2, -0.15) is 0 Å². The molecule has 1 fully saturated rings. The molecule has 182 valence electrons. The number of carbonyl (C=O) groups is 2. The zero-order chi connectivity index (χ0) is 24.4. The van der Waals surface area contributed by atoms with Crippen molar-refractivity contribution in [1.29, 1.82) is 0 Å². The van der Waals surface area contributed by atoms with Crippen molar-refractivity contribution in [3.63, 3.8) is 0 Å². The summed E-state index contributed by atoms with van der Waals surface area (Å²) in [6.45, 7) is 2.97. The Morgan fingerprint density at radius 1 is 1.18 bits per heavy atom. The number of aliphatic hydroxyl groups is 4. The minimum atomic E-state index is -1.62. The van der Waals surface area contributed by atoms with Crippen LogP contribution < -0.4 is 4.74 Å². The van der Waals surface area contributed by atoms with Crippen LogP contribution in [0.15, 0.2) is 11.6 Å². The van der Waals surface area contributed by atoms with E-state index in [-0.39, 0.29) is 30.6 Å². The second kappa shape index (κ2) is 10.2. The molecule has 0 saturated carbocycles. The summed E-state index contributed by atoms with van der Waals surface area (Å²) in [6.07, 6.45) is -4.85. The van der Waals surface area contributed by atoms with Crippen molar-refractivity contribution in [1.82, 2.24) is 0 Å². The fraction of sp³-hybridized carbons (Fsp3) is 0.565. The highest BCUT2D eigenvalue weighted by Crippen LogP contribution is 2.45.